The minimum Gasteiger partial charge on any atom is -0.318 e. The number of alkyl halides is 3. The van der Waals surface area contributed by atoms with Gasteiger partial charge in [0.2, 0.25) is 10.0 Å². The van der Waals surface area contributed by atoms with Crippen LogP contribution in [0.25, 0.3) is 22.0 Å². The van der Waals surface area contributed by atoms with Crippen LogP contribution in [0.1, 0.15) is 16.8 Å². The quantitative estimate of drug-likeness (QED) is 0.408. The minimum atomic E-state index is -4.88. The Morgan fingerprint density at radius 3 is 2.29 bits per heavy atom. The lowest BCUT2D eigenvalue weighted by molar-refractivity contribution is -0.140. The lowest BCUT2D eigenvalue weighted by atomic mass is 10.0. The van der Waals surface area contributed by atoms with Gasteiger partial charge in [-0.25, -0.2) is 12.8 Å². The summed E-state index contributed by atoms with van der Waals surface area (Å²) >= 11 is 0. The Bertz CT molecular complexity index is 1580. The number of nitrogens with one attached hydrogen (secondary N) is 1. The van der Waals surface area contributed by atoms with E-state index < -0.39 is 33.1 Å². The van der Waals surface area contributed by atoms with Crippen molar-refractivity contribution >= 4 is 26.6 Å². The van der Waals surface area contributed by atoms with E-state index in [1.165, 1.54) is 54.2 Å². The molecule has 0 spiro atoms. The van der Waals surface area contributed by atoms with Gasteiger partial charge in [0.05, 0.1) is 29.4 Å². The molecule has 184 valence electrons. The van der Waals surface area contributed by atoms with Crippen LogP contribution in [0.2, 0.25) is 0 Å². The number of hydrogen-bond acceptors (Lipinski definition) is 4. The summed E-state index contributed by atoms with van der Waals surface area (Å²) in [6.45, 7) is 1.47. The second-order valence-corrected chi connectivity index (χ2v) is 10.00. The van der Waals surface area contributed by atoms with Gasteiger partial charge in [0, 0.05) is 18.8 Å². The fraction of sp³-hybridized carbons (Fsp3) is 0.217. The number of benzene rings is 2. The highest BCUT2D eigenvalue weighted by atomic mass is 32.2. The molecule has 35 heavy (non-hydrogen) atoms. The van der Waals surface area contributed by atoms with Crippen LogP contribution in [0, 0.1) is 12.7 Å². The van der Waals surface area contributed by atoms with Gasteiger partial charge in [-0.3, -0.25) is 14.2 Å². The van der Waals surface area contributed by atoms with Gasteiger partial charge in [-0.15, -0.1) is 0 Å². The molecule has 0 aliphatic rings. The predicted octanol–water partition coefficient (Wildman–Crippen LogP) is 4.29. The number of rotatable bonds is 5. The lowest BCUT2D eigenvalue weighted by Gasteiger charge is -2.13. The van der Waals surface area contributed by atoms with Gasteiger partial charge >= 0.3 is 6.18 Å². The zero-order valence-electron chi connectivity index (χ0n) is 18.8. The molecule has 0 aliphatic heterocycles. The second kappa shape index (κ2) is 8.52. The predicted molar refractivity (Wildman–Crippen MR) is 124 cm³/mol. The zero-order chi connectivity index (χ0) is 25.7. The maximum atomic E-state index is 14.0. The molecule has 4 aromatic rings. The summed E-state index contributed by atoms with van der Waals surface area (Å²) in [5.74, 6) is -0.498. The van der Waals surface area contributed by atoms with Crippen molar-refractivity contribution in [3.63, 3.8) is 0 Å². The molecule has 4 rings (SSSR count). The van der Waals surface area contributed by atoms with Crippen LogP contribution in [-0.4, -0.2) is 29.0 Å². The molecule has 12 heteroatoms. The average Bonchev–Trinajstić information content (AvgIpc) is 3.11. The Labute approximate surface area is 197 Å². The summed E-state index contributed by atoms with van der Waals surface area (Å²) in [5.41, 5.74) is -0.0403. The molecule has 0 radical (unpaired) electrons. The number of anilines is 1. The molecule has 0 saturated carbocycles. The van der Waals surface area contributed by atoms with Gasteiger partial charge in [0.15, 0.2) is 5.69 Å². The third-order valence-electron chi connectivity index (χ3n) is 5.36. The summed E-state index contributed by atoms with van der Waals surface area (Å²) in [4.78, 5) is 12.1. The Hall–Kier alpha value is -3.67. The standard InChI is InChI=1S/C23H20F4N4O3S/c1-13-8-16(12-30(2)22(13)32)15-9-18(29-35(3,33)34)20-19(10-15)31(28-21(20)23(25,26)27)11-14-4-6-17(24)7-5-14/h4-10,12,29H,11H2,1-3H3. The van der Waals surface area contributed by atoms with Gasteiger partial charge in [0.1, 0.15) is 5.82 Å². The van der Waals surface area contributed by atoms with Crippen LogP contribution < -0.4 is 10.3 Å². The van der Waals surface area contributed by atoms with Gasteiger partial charge in [-0.2, -0.15) is 18.3 Å². The molecule has 0 aliphatic carbocycles. The smallest absolute Gasteiger partial charge is 0.318 e. The van der Waals surface area contributed by atoms with Crippen molar-refractivity contribution in [2.75, 3.05) is 11.0 Å². The topological polar surface area (TPSA) is 86.0 Å². The molecule has 2 aromatic heterocycles. The molecule has 0 atom stereocenters. The molecule has 2 heterocycles. The molecular weight excluding hydrogens is 488 g/mol. The fourth-order valence-corrected chi connectivity index (χ4v) is 4.43. The molecular formula is C23H20F4N4O3S. The van der Waals surface area contributed by atoms with E-state index in [0.717, 1.165) is 10.9 Å². The number of hydrogen-bond donors (Lipinski definition) is 1. The third-order valence-corrected chi connectivity index (χ3v) is 5.95. The number of sulfonamides is 1. The van der Waals surface area contributed by atoms with E-state index in [2.05, 4.69) is 9.82 Å². The first-order valence-electron chi connectivity index (χ1n) is 10.2. The summed E-state index contributed by atoms with van der Waals surface area (Å²) in [6, 6.07) is 9.51. The maximum absolute atomic E-state index is 14.0. The van der Waals surface area contributed by atoms with E-state index in [1.807, 2.05) is 0 Å². The number of aryl methyl sites for hydroxylation is 2. The van der Waals surface area contributed by atoms with Crippen molar-refractivity contribution < 1.29 is 26.0 Å². The van der Waals surface area contributed by atoms with Crippen molar-refractivity contribution in [3.05, 3.63) is 81.7 Å². The van der Waals surface area contributed by atoms with Crippen LogP contribution >= 0.6 is 0 Å². The van der Waals surface area contributed by atoms with E-state index >= 15 is 0 Å². The largest absolute Gasteiger partial charge is 0.435 e. The summed E-state index contributed by atoms with van der Waals surface area (Å²) < 4.78 is 83.9. The van der Waals surface area contributed by atoms with Crippen LogP contribution in [0.3, 0.4) is 0 Å². The number of nitrogens with zero attached hydrogens (tertiary/aromatic N) is 3. The van der Waals surface area contributed by atoms with Crippen molar-refractivity contribution in [3.8, 4) is 11.1 Å². The number of aromatic nitrogens is 3. The fourth-order valence-electron chi connectivity index (χ4n) is 3.87. The number of pyridine rings is 1. The molecule has 0 saturated heterocycles. The third kappa shape index (κ3) is 5.06. The zero-order valence-corrected chi connectivity index (χ0v) is 19.6. The second-order valence-electron chi connectivity index (χ2n) is 8.25. The van der Waals surface area contributed by atoms with Crippen molar-refractivity contribution in [2.24, 2.45) is 7.05 Å². The molecule has 0 fully saturated rings. The van der Waals surface area contributed by atoms with E-state index in [-0.39, 0.29) is 23.3 Å². The summed E-state index contributed by atoms with van der Waals surface area (Å²) in [7, 11) is -2.42. The maximum Gasteiger partial charge on any atom is 0.435 e. The highest BCUT2D eigenvalue weighted by molar-refractivity contribution is 7.92. The summed E-state index contributed by atoms with van der Waals surface area (Å²) in [6.07, 6.45) is -2.54. The first-order valence-corrected chi connectivity index (χ1v) is 12.1. The van der Waals surface area contributed by atoms with Crippen LogP contribution in [0.5, 0.6) is 0 Å². The van der Waals surface area contributed by atoms with Crippen LogP contribution in [-0.2, 0) is 29.8 Å². The first kappa shape index (κ1) is 24.5. The van der Waals surface area contributed by atoms with Gasteiger partial charge < -0.3 is 4.57 Å². The van der Waals surface area contributed by atoms with E-state index in [9.17, 15) is 30.8 Å². The average molecular weight is 508 g/mol. The summed E-state index contributed by atoms with van der Waals surface area (Å²) in [5, 5.41) is 3.34. The van der Waals surface area contributed by atoms with Crippen molar-refractivity contribution in [1.29, 1.82) is 0 Å². The van der Waals surface area contributed by atoms with Crippen molar-refractivity contribution in [1.82, 2.24) is 14.3 Å². The van der Waals surface area contributed by atoms with Gasteiger partial charge in [-0.1, -0.05) is 12.1 Å². The molecule has 0 amide bonds. The highest BCUT2D eigenvalue weighted by Gasteiger charge is 2.38. The van der Waals surface area contributed by atoms with Crippen molar-refractivity contribution in [2.45, 2.75) is 19.6 Å². The molecule has 7 nitrogen and oxygen atoms in total. The number of halogens is 4. The number of fused-ring (bicyclic) bond motifs is 1. The SMILES string of the molecule is Cc1cc(-c2cc(NS(C)(=O)=O)c3c(C(F)(F)F)nn(Cc4ccc(F)cc4)c3c2)cn(C)c1=O. The molecule has 2 aromatic carbocycles. The van der Waals surface area contributed by atoms with E-state index in [1.54, 1.807) is 13.0 Å². The van der Waals surface area contributed by atoms with Gasteiger partial charge in [0.25, 0.3) is 5.56 Å². The monoisotopic (exact) mass is 508 g/mol. The normalized spacial score (nSPS) is 12.3. The first-order chi connectivity index (χ1) is 16.2. The molecule has 1 N–H and O–H groups in total. The lowest BCUT2D eigenvalue weighted by Crippen LogP contribution is -2.18. The molecule has 0 bridgehead atoms. The Morgan fingerprint density at radius 2 is 1.71 bits per heavy atom. The van der Waals surface area contributed by atoms with Crippen LogP contribution in [0.4, 0.5) is 23.2 Å². The minimum absolute atomic E-state index is 0.0109. The van der Waals surface area contributed by atoms with Crippen LogP contribution in [0.15, 0.2) is 53.5 Å². The van der Waals surface area contributed by atoms with Gasteiger partial charge in [-0.05, 0) is 53.9 Å². The van der Waals surface area contributed by atoms with E-state index in [0.29, 0.717) is 22.3 Å². The highest BCUT2D eigenvalue weighted by Crippen LogP contribution is 2.40. The Balaban J connectivity index is 2.04. The van der Waals surface area contributed by atoms with E-state index in [4.69, 9.17) is 0 Å². The molecule has 0 unspecified atom stereocenters. The Kier molecular flexibility index (Phi) is 5.95. The Morgan fingerprint density at radius 1 is 1.06 bits per heavy atom.